The van der Waals surface area contributed by atoms with Crippen LogP contribution in [0.25, 0.3) is 0 Å². The highest BCUT2D eigenvalue weighted by atomic mass is 79.9. The summed E-state index contributed by atoms with van der Waals surface area (Å²) in [4.78, 5) is 23.0. The second-order valence-electron chi connectivity index (χ2n) is 4.43. The number of carbonyl (C=O) groups is 2. The Morgan fingerprint density at radius 1 is 1.14 bits per heavy atom. The zero-order valence-corrected chi connectivity index (χ0v) is 13.0. The molecule has 2 aromatic carbocycles. The largest absolute Gasteiger partial charge is 0.485 e. The second kappa shape index (κ2) is 7.04. The standard InChI is InChI=1S/C16H14BrNO3/c1-11(19)18-14-3-2-4-15(9-14)21-10-16(20)12-5-7-13(17)8-6-12/h2-9H,10H2,1H3,(H,18,19). The summed E-state index contributed by atoms with van der Waals surface area (Å²) in [6.07, 6.45) is 0. The van der Waals surface area contributed by atoms with Crippen LogP contribution in [0.1, 0.15) is 17.3 Å². The molecule has 5 heteroatoms. The normalized spacial score (nSPS) is 10.0. The Balaban J connectivity index is 1.97. The molecule has 0 aromatic heterocycles. The monoisotopic (exact) mass is 347 g/mol. The quantitative estimate of drug-likeness (QED) is 0.839. The maximum absolute atomic E-state index is 12.0. The first kappa shape index (κ1) is 15.3. The van der Waals surface area contributed by atoms with Gasteiger partial charge in [0.2, 0.25) is 5.91 Å². The van der Waals surface area contributed by atoms with E-state index in [9.17, 15) is 9.59 Å². The van der Waals surface area contributed by atoms with Gasteiger partial charge in [0.25, 0.3) is 0 Å². The van der Waals surface area contributed by atoms with E-state index in [-0.39, 0.29) is 18.3 Å². The van der Waals surface area contributed by atoms with Gasteiger partial charge in [-0.15, -0.1) is 0 Å². The van der Waals surface area contributed by atoms with Gasteiger partial charge in [-0.1, -0.05) is 34.1 Å². The Kier molecular flexibility index (Phi) is 5.11. The Morgan fingerprint density at radius 2 is 1.86 bits per heavy atom. The highest BCUT2D eigenvalue weighted by Gasteiger charge is 2.07. The highest BCUT2D eigenvalue weighted by Crippen LogP contribution is 2.18. The van der Waals surface area contributed by atoms with Crippen molar-refractivity contribution in [2.45, 2.75) is 6.92 Å². The number of nitrogens with one attached hydrogen (secondary N) is 1. The first-order chi connectivity index (χ1) is 10.0. The van der Waals surface area contributed by atoms with Crippen LogP contribution < -0.4 is 10.1 Å². The molecule has 21 heavy (non-hydrogen) atoms. The lowest BCUT2D eigenvalue weighted by Crippen LogP contribution is -2.12. The lowest BCUT2D eigenvalue weighted by atomic mass is 10.1. The molecular formula is C16H14BrNO3. The Bertz CT molecular complexity index is 653. The molecule has 4 nitrogen and oxygen atoms in total. The van der Waals surface area contributed by atoms with E-state index in [0.29, 0.717) is 17.0 Å². The molecular weight excluding hydrogens is 334 g/mol. The van der Waals surface area contributed by atoms with Crippen LogP contribution in [0, 0.1) is 0 Å². The van der Waals surface area contributed by atoms with Gasteiger partial charge in [-0.3, -0.25) is 9.59 Å². The minimum Gasteiger partial charge on any atom is -0.485 e. The van der Waals surface area contributed by atoms with E-state index in [0.717, 1.165) is 4.47 Å². The topological polar surface area (TPSA) is 55.4 Å². The number of anilines is 1. The van der Waals surface area contributed by atoms with Crippen molar-refractivity contribution in [3.63, 3.8) is 0 Å². The van der Waals surface area contributed by atoms with Crippen molar-refractivity contribution in [1.82, 2.24) is 0 Å². The lowest BCUT2D eigenvalue weighted by Gasteiger charge is -2.08. The fourth-order valence-electron chi connectivity index (χ4n) is 1.73. The van der Waals surface area contributed by atoms with Gasteiger partial charge < -0.3 is 10.1 Å². The van der Waals surface area contributed by atoms with E-state index >= 15 is 0 Å². The van der Waals surface area contributed by atoms with Crippen molar-refractivity contribution in [3.8, 4) is 5.75 Å². The summed E-state index contributed by atoms with van der Waals surface area (Å²) >= 11 is 3.32. The van der Waals surface area contributed by atoms with Gasteiger partial charge >= 0.3 is 0 Å². The second-order valence-corrected chi connectivity index (χ2v) is 5.34. The minimum absolute atomic E-state index is 0.0504. The summed E-state index contributed by atoms with van der Waals surface area (Å²) in [5.41, 5.74) is 1.23. The predicted molar refractivity (Wildman–Crippen MR) is 84.7 cm³/mol. The zero-order valence-electron chi connectivity index (χ0n) is 11.4. The first-order valence-electron chi connectivity index (χ1n) is 6.34. The van der Waals surface area contributed by atoms with Crippen LogP contribution in [0.15, 0.2) is 53.0 Å². The molecule has 0 saturated heterocycles. The van der Waals surface area contributed by atoms with Crippen LogP contribution in [0.4, 0.5) is 5.69 Å². The van der Waals surface area contributed by atoms with Crippen LogP contribution in [-0.2, 0) is 4.79 Å². The molecule has 0 aliphatic rings. The van der Waals surface area contributed by atoms with Crippen LogP contribution >= 0.6 is 15.9 Å². The summed E-state index contributed by atoms with van der Waals surface area (Å²) in [6.45, 7) is 1.38. The van der Waals surface area contributed by atoms with E-state index in [1.807, 2.05) is 12.1 Å². The zero-order chi connectivity index (χ0) is 15.2. The molecule has 0 fully saturated rings. The number of hydrogen-bond acceptors (Lipinski definition) is 3. The van der Waals surface area contributed by atoms with Gasteiger partial charge in [0.1, 0.15) is 5.75 Å². The Morgan fingerprint density at radius 3 is 2.52 bits per heavy atom. The summed E-state index contributed by atoms with van der Waals surface area (Å²) in [6, 6.07) is 14.0. The summed E-state index contributed by atoms with van der Waals surface area (Å²) in [5, 5.41) is 2.66. The van der Waals surface area contributed by atoms with Gasteiger partial charge in [0, 0.05) is 28.7 Å². The number of rotatable bonds is 5. The fourth-order valence-corrected chi connectivity index (χ4v) is 2.00. The predicted octanol–water partition coefficient (Wildman–Crippen LogP) is 3.67. The van der Waals surface area contributed by atoms with E-state index in [1.54, 1.807) is 36.4 Å². The molecule has 0 heterocycles. The number of halogens is 1. The molecule has 108 valence electrons. The molecule has 2 rings (SSSR count). The SMILES string of the molecule is CC(=O)Nc1cccc(OCC(=O)c2ccc(Br)cc2)c1. The van der Waals surface area contributed by atoms with Crippen molar-refractivity contribution < 1.29 is 14.3 Å². The van der Waals surface area contributed by atoms with E-state index < -0.39 is 0 Å². The molecule has 0 radical (unpaired) electrons. The van der Waals surface area contributed by atoms with Gasteiger partial charge in [-0.25, -0.2) is 0 Å². The average Bonchev–Trinajstić information content (AvgIpc) is 2.45. The highest BCUT2D eigenvalue weighted by molar-refractivity contribution is 9.10. The number of benzene rings is 2. The van der Waals surface area contributed by atoms with E-state index in [1.165, 1.54) is 6.92 Å². The molecule has 0 bridgehead atoms. The van der Waals surface area contributed by atoms with Gasteiger partial charge in [-0.05, 0) is 24.3 Å². The third-order valence-corrected chi connectivity index (χ3v) is 3.22. The Hall–Kier alpha value is -2.14. The molecule has 0 saturated carbocycles. The van der Waals surface area contributed by atoms with E-state index in [2.05, 4.69) is 21.2 Å². The van der Waals surface area contributed by atoms with Crippen LogP contribution in [-0.4, -0.2) is 18.3 Å². The van der Waals surface area contributed by atoms with Gasteiger partial charge in [0.15, 0.2) is 12.4 Å². The molecule has 1 amide bonds. The third-order valence-electron chi connectivity index (χ3n) is 2.69. The number of carbonyl (C=O) groups excluding carboxylic acids is 2. The third kappa shape index (κ3) is 4.72. The summed E-state index contributed by atoms with van der Waals surface area (Å²) in [5.74, 6) is 0.275. The number of amides is 1. The van der Waals surface area contributed by atoms with Crippen molar-refractivity contribution in [2.24, 2.45) is 0 Å². The van der Waals surface area contributed by atoms with E-state index in [4.69, 9.17) is 4.74 Å². The molecule has 0 unspecified atom stereocenters. The number of ketones is 1. The molecule has 0 spiro atoms. The van der Waals surface area contributed by atoms with Gasteiger partial charge in [-0.2, -0.15) is 0 Å². The van der Waals surface area contributed by atoms with Crippen molar-refractivity contribution >= 4 is 33.3 Å². The number of Topliss-reactive ketones (excluding diaryl/α,β-unsaturated/α-hetero) is 1. The smallest absolute Gasteiger partial charge is 0.221 e. The van der Waals surface area contributed by atoms with Crippen LogP contribution in [0.3, 0.4) is 0 Å². The van der Waals surface area contributed by atoms with Crippen LogP contribution in [0.5, 0.6) is 5.75 Å². The number of hydrogen-bond donors (Lipinski definition) is 1. The first-order valence-corrected chi connectivity index (χ1v) is 7.13. The maximum Gasteiger partial charge on any atom is 0.221 e. The average molecular weight is 348 g/mol. The van der Waals surface area contributed by atoms with Crippen LogP contribution in [0.2, 0.25) is 0 Å². The molecule has 0 aliphatic heterocycles. The fraction of sp³-hybridized carbons (Fsp3) is 0.125. The van der Waals surface area contributed by atoms with Gasteiger partial charge in [0.05, 0.1) is 0 Å². The lowest BCUT2D eigenvalue weighted by molar-refractivity contribution is -0.114. The molecule has 1 N–H and O–H groups in total. The maximum atomic E-state index is 12.0. The molecule has 0 aliphatic carbocycles. The van der Waals surface area contributed by atoms with Crippen molar-refractivity contribution in [2.75, 3.05) is 11.9 Å². The Labute approximate surface area is 131 Å². The minimum atomic E-state index is -0.155. The molecule has 0 atom stereocenters. The summed E-state index contributed by atoms with van der Waals surface area (Å²) in [7, 11) is 0. The van der Waals surface area contributed by atoms with Crippen molar-refractivity contribution in [3.05, 3.63) is 58.6 Å². The number of ether oxygens (including phenoxy) is 1. The summed E-state index contributed by atoms with van der Waals surface area (Å²) < 4.78 is 6.38. The molecule has 2 aromatic rings. The van der Waals surface area contributed by atoms with Crippen molar-refractivity contribution in [1.29, 1.82) is 0 Å².